The van der Waals surface area contributed by atoms with Crippen molar-refractivity contribution in [2.24, 2.45) is 0 Å². The van der Waals surface area contributed by atoms with Gasteiger partial charge >= 0.3 is 0 Å². The number of benzene rings is 1. The fourth-order valence-corrected chi connectivity index (χ4v) is 1.92. The molecule has 0 spiro atoms. The van der Waals surface area contributed by atoms with Gasteiger partial charge in [0.05, 0.1) is 0 Å². The molecule has 0 radical (unpaired) electrons. The number of halogens is 2. The SMILES string of the molecule is CCCC(CC)c1ccc(Cl)cc1F. The van der Waals surface area contributed by atoms with Gasteiger partial charge in [0.15, 0.2) is 0 Å². The van der Waals surface area contributed by atoms with Gasteiger partial charge in [0.25, 0.3) is 0 Å². The van der Waals surface area contributed by atoms with Gasteiger partial charge < -0.3 is 0 Å². The maximum atomic E-state index is 13.5. The Bertz CT molecular complexity index is 296. The lowest BCUT2D eigenvalue weighted by molar-refractivity contribution is 0.539. The summed E-state index contributed by atoms with van der Waals surface area (Å²) in [5.74, 6) is 0.162. The lowest BCUT2D eigenvalue weighted by Gasteiger charge is -2.15. The van der Waals surface area contributed by atoms with Crippen LogP contribution in [0.5, 0.6) is 0 Å². The molecule has 0 aliphatic rings. The standard InChI is InChI=1S/C12H16ClF/c1-3-5-9(4-2)11-7-6-10(13)8-12(11)14/h6-9H,3-5H2,1-2H3. The van der Waals surface area contributed by atoms with Crippen molar-refractivity contribution in [2.45, 2.75) is 39.0 Å². The summed E-state index contributed by atoms with van der Waals surface area (Å²) in [6.45, 7) is 4.21. The smallest absolute Gasteiger partial charge is 0.128 e. The minimum atomic E-state index is -0.169. The van der Waals surface area contributed by atoms with Crippen LogP contribution in [0.2, 0.25) is 5.02 Å². The summed E-state index contributed by atoms with van der Waals surface area (Å²) in [4.78, 5) is 0. The third-order valence-electron chi connectivity index (χ3n) is 2.53. The topological polar surface area (TPSA) is 0 Å². The average molecular weight is 215 g/mol. The van der Waals surface area contributed by atoms with Gasteiger partial charge in [0.2, 0.25) is 0 Å². The van der Waals surface area contributed by atoms with Crippen molar-refractivity contribution in [1.82, 2.24) is 0 Å². The van der Waals surface area contributed by atoms with Gasteiger partial charge in [0, 0.05) is 5.02 Å². The summed E-state index contributed by atoms with van der Waals surface area (Å²) in [6.07, 6.45) is 3.10. The van der Waals surface area contributed by atoms with Crippen molar-refractivity contribution in [3.8, 4) is 0 Å². The normalized spacial score (nSPS) is 12.9. The van der Waals surface area contributed by atoms with E-state index in [0.717, 1.165) is 24.8 Å². The maximum absolute atomic E-state index is 13.5. The van der Waals surface area contributed by atoms with Crippen LogP contribution in [0.1, 0.15) is 44.6 Å². The summed E-state index contributed by atoms with van der Waals surface area (Å²) >= 11 is 5.70. The highest BCUT2D eigenvalue weighted by Gasteiger charge is 2.12. The molecule has 0 saturated carbocycles. The van der Waals surface area contributed by atoms with Gasteiger partial charge in [-0.2, -0.15) is 0 Å². The lowest BCUT2D eigenvalue weighted by Crippen LogP contribution is -2.00. The number of hydrogen-bond donors (Lipinski definition) is 0. The highest BCUT2D eigenvalue weighted by molar-refractivity contribution is 6.30. The molecular weight excluding hydrogens is 199 g/mol. The minimum Gasteiger partial charge on any atom is -0.207 e. The molecule has 1 unspecified atom stereocenters. The molecule has 1 aromatic rings. The Hall–Kier alpha value is -0.560. The molecule has 0 amide bonds. The van der Waals surface area contributed by atoms with E-state index in [2.05, 4.69) is 13.8 Å². The molecule has 1 atom stereocenters. The minimum absolute atomic E-state index is 0.169. The summed E-state index contributed by atoms with van der Waals surface area (Å²) < 4.78 is 13.5. The Balaban J connectivity index is 2.92. The van der Waals surface area contributed by atoms with Crippen LogP contribution in [0.15, 0.2) is 18.2 Å². The molecule has 0 bridgehead atoms. The molecule has 0 heterocycles. The highest BCUT2D eigenvalue weighted by atomic mass is 35.5. The maximum Gasteiger partial charge on any atom is 0.128 e. The predicted molar refractivity (Wildman–Crippen MR) is 59.4 cm³/mol. The summed E-state index contributed by atoms with van der Waals surface area (Å²) in [5, 5.41) is 0.470. The Morgan fingerprint density at radius 1 is 1.36 bits per heavy atom. The first-order valence-electron chi connectivity index (χ1n) is 5.14. The van der Waals surface area contributed by atoms with Crippen LogP contribution in [0, 0.1) is 5.82 Å². The van der Waals surface area contributed by atoms with E-state index in [1.54, 1.807) is 6.07 Å². The van der Waals surface area contributed by atoms with Gasteiger partial charge in [0.1, 0.15) is 5.82 Å². The molecule has 0 nitrogen and oxygen atoms in total. The Morgan fingerprint density at radius 3 is 2.57 bits per heavy atom. The van der Waals surface area contributed by atoms with Crippen molar-refractivity contribution < 1.29 is 4.39 Å². The van der Waals surface area contributed by atoms with Crippen molar-refractivity contribution in [3.05, 3.63) is 34.6 Å². The second-order valence-electron chi connectivity index (χ2n) is 3.56. The van der Waals surface area contributed by atoms with Crippen molar-refractivity contribution >= 4 is 11.6 Å². The molecule has 0 saturated heterocycles. The molecule has 0 fully saturated rings. The lowest BCUT2D eigenvalue weighted by atomic mass is 9.92. The highest BCUT2D eigenvalue weighted by Crippen LogP contribution is 2.28. The van der Waals surface area contributed by atoms with E-state index in [0.29, 0.717) is 10.9 Å². The van der Waals surface area contributed by atoms with Gasteiger partial charge in [-0.15, -0.1) is 0 Å². The van der Waals surface area contributed by atoms with Gasteiger partial charge in [-0.25, -0.2) is 4.39 Å². The number of hydrogen-bond acceptors (Lipinski definition) is 0. The largest absolute Gasteiger partial charge is 0.207 e. The van der Waals surface area contributed by atoms with Crippen molar-refractivity contribution in [1.29, 1.82) is 0 Å². The van der Waals surface area contributed by atoms with Crippen LogP contribution in [-0.4, -0.2) is 0 Å². The van der Waals surface area contributed by atoms with Crippen LogP contribution in [0.4, 0.5) is 4.39 Å². The summed E-state index contributed by atoms with van der Waals surface area (Å²) in [5.41, 5.74) is 0.804. The van der Waals surface area contributed by atoms with E-state index in [-0.39, 0.29) is 5.82 Å². The van der Waals surface area contributed by atoms with Crippen LogP contribution in [0.25, 0.3) is 0 Å². The first kappa shape index (κ1) is 11.5. The summed E-state index contributed by atoms with van der Waals surface area (Å²) in [6, 6.07) is 4.97. The van der Waals surface area contributed by atoms with E-state index < -0.39 is 0 Å². The van der Waals surface area contributed by atoms with E-state index in [1.165, 1.54) is 6.07 Å². The quantitative estimate of drug-likeness (QED) is 0.677. The molecule has 0 aliphatic heterocycles. The molecular formula is C12H16ClF. The van der Waals surface area contributed by atoms with Crippen molar-refractivity contribution in [2.75, 3.05) is 0 Å². The van der Waals surface area contributed by atoms with E-state index >= 15 is 0 Å². The number of rotatable bonds is 4. The average Bonchev–Trinajstić information content (AvgIpc) is 2.15. The first-order valence-corrected chi connectivity index (χ1v) is 5.51. The zero-order valence-electron chi connectivity index (χ0n) is 8.69. The predicted octanol–water partition coefficient (Wildman–Crippen LogP) is 4.77. The van der Waals surface area contributed by atoms with E-state index in [9.17, 15) is 4.39 Å². The molecule has 1 aromatic carbocycles. The second-order valence-corrected chi connectivity index (χ2v) is 4.00. The summed E-state index contributed by atoms with van der Waals surface area (Å²) in [7, 11) is 0. The molecule has 0 aliphatic carbocycles. The van der Waals surface area contributed by atoms with Crippen LogP contribution >= 0.6 is 11.6 Å². The third-order valence-corrected chi connectivity index (χ3v) is 2.77. The third kappa shape index (κ3) is 2.71. The Morgan fingerprint density at radius 2 is 2.07 bits per heavy atom. The van der Waals surface area contributed by atoms with Crippen LogP contribution in [-0.2, 0) is 0 Å². The second kappa shape index (κ2) is 5.35. The van der Waals surface area contributed by atoms with E-state index in [1.807, 2.05) is 6.07 Å². The zero-order chi connectivity index (χ0) is 10.6. The van der Waals surface area contributed by atoms with Crippen LogP contribution < -0.4 is 0 Å². The fourth-order valence-electron chi connectivity index (χ4n) is 1.76. The molecule has 0 aromatic heterocycles. The molecule has 0 N–H and O–H groups in total. The van der Waals surface area contributed by atoms with E-state index in [4.69, 9.17) is 11.6 Å². The monoisotopic (exact) mass is 214 g/mol. The zero-order valence-corrected chi connectivity index (χ0v) is 9.44. The van der Waals surface area contributed by atoms with Gasteiger partial charge in [-0.1, -0.05) is 37.9 Å². The fraction of sp³-hybridized carbons (Fsp3) is 0.500. The molecule has 2 heteroatoms. The van der Waals surface area contributed by atoms with Gasteiger partial charge in [-0.3, -0.25) is 0 Å². The van der Waals surface area contributed by atoms with Crippen molar-refractivity contribution in [3.63, 3.8) is 0 Å². The Kier molecular flexibility index (Phi) is 4.40. The van der Waals surface area contributed by atoms with Gasteiger partial charge in [-0.05, 0) is 36.5 Å². The molecule has 1 rings (SSSR count). The van der Waals surface area contributed by atoms with Crippen LogP contribution in [0.3, 0.4) is 0 Å². The Labute approximate surface area is 90.1 Å². The first-order chi connectivity index (χ1) is 6.69. The molecule has 14 heavy (non-hydrogen) atoms. The molecule has 78 valence electrons.